The van der Waals surface area contributed by atoms with Crippen LogP contribution in [0.25, 0.3) is 0 Å². The smallest absolute Gasteiger partial charge is 0.182 e. The SMILES string of the molecule is CCCCCCCCC(=O)c1csc(CCN)n1. The molecule has 0 unspecified atom stereocenters. The minimum absolute atomic E-state index is 0.185. The highest BCUT2D eigenvalue weighted by atomic mass is 32.1. The van der Waals surface area contributed by atoms with Gasteiger partial charge in [0.15, 0.2) is 5.78 Å². The molecule has 102 valence electrons. The summed E-state index contributed by atoms with van der Waals surface area (Å²) in [5, 5.41) is 2.84. The van der Waals surface area contributed by atoms with E-state index in [4.69, 9.17) is 5.73 Å². The summed E-state index contributed by atoms with van der Waals surface area (Å²) < 4.78 is 0. The summed E-state index contributed by atoms with van der Waals surface area (Å²) >= 11 is 1.54. The molecule has 1 heterocycles. The first kappa shape index (κ1) is 15.3. The van der Waals surface area contributed by atoms with E-state index in [9.17, 15) is 4.79 Å². The third kappa shape index (κ3) is 5.74. The topological polar surface area (TPSA) is 56.0 Å². The van der Waals surface area contributed by atoms with Crippen LogP contribution in [-0.4, -0.2) is 17.3 Å². The summed E-state index contributed by atoms with van der Waals surface area (Å²) in [4.78, 5) is 16.2. The van der Waals surface area contributed by atoms with Crippen molar-refractivity contribution >= 4 is 17.1 Å². The molecule has 0 radical (unpaired) electrons. The van der Waals surface area contributed by atoms with Crippen molar-refractivity contribution in [3.8, 4) is 0 Å². The van der Waals surface area contributed by atoms with Gasteiger partial charge in [0.2, 0.25) is 0 Å². The van der Waals surface area contributed by atoms with Crippen molar-refractivity contribution in [1.29, 1.82) is 0 Å². The lowest BCUT2D eigenvalue weighted by Gasteiger charge is -1.99. The zero-order chi connectivity index (χ0) is 13.2. The highest BCUT2D eigenvalue weighted by Gasteiger charge is 2.09. The van der Waals surface area contributed by atoms with Gasteiger partial charge >= 0.3 is 0 Å². The Morgan fingerprint density at radius 1 is 1.28 bits per heavy atom. The number of nitrogens with zero attached hydrogens (tertiary/aromatic N) is 1. The van der Waals surface area contributed by atoms with Crippen molar-refractivity contribution in [2.45, 2.75) is 58.3 Å². The van der Waals surface area contributed by atoms with Gasteiger partial charge in [-0.25, -0.2) is 4.98 Å². The number of carbonyl (C=O) groups excluding carboxylic acids is 1. The van der Waals surface area contributed by atoms with Gasteiger partial charge in [0.25, 0.3) is 0 Å². The van der Waals surface area contributed by atoms with E-state index in [-0.39, 0.29) is 5.78 Å². The first-order chi connectivity index (χ1) is 8.77. The minimum atomic E-state index is 0.185. The van der Waals surface area contributed by atoms with Crippen LogP contribution >= 0.6 is 11.3 Å². The summed E-state index contributed by atoms with van der Waals surface area (Å²) in [5.41, 5.74) is 6.10. The second-order valence-electron chi connectivity index (χ2n) is 4.61. The summed E-state index contributed by atoms with van der Waals surface area (Å²) in [7, 11) is 0. The monoisotopic (exact) mass is 268 g/mol. The van der Waals surface area contributed by atoms with Crippen LogP contribution in [0.3, 0.4) is 0 Å². The molecule has 0 atom stereocenters. The van der Waals surface area contributed by atoms with Gasteiger partial charge in [0.05, 0.1) is 5.01 Å². The molecular weight excluding hydrogens is 244 g/mol. The fourth-order valence-corrected chi connectivity index (χ4v) is 2.69. The summed E-state index contributed by atoms with van der Waals surface area (Å²) in [6, 6.07) is 0. The van der Waals surface area contributed by atoms with Gasteiger partial charge in [-0.15, -0.1) is 11.3 Å². The van der Waals surface area contributed by atoms with Gasteiger partial charge in [-0.1, -0.05) is 39.0 Å². The Kier molecular flexibility index (Phi) is 7.85. The Balaban J connectivity index is 2.19. The zero-order valence-corrected chi connectivity index (χ0v) is 12.1. The molecule has 1 aromatic heterocycles. The second-order valence-corrected chi connectivity index (χ2v) is 5.55. The van der Waals surface area contributed by atoms with E-state index in [1.807, 2.05) is 5.38 Å². The van der Waals surface area contributed by atoms with E-state index in [0.717, 1.165) is 24.3 Å². The third-order valence-electron chi connectivity index (χ3n) is 2.95. The maximum Gasteiger partial charge on any atom is 0.182 e. The molecule has 0 aliphatic heterocycles. The molecule has 0 aromatic carbocycles. The molecule has 4 heteroatoms. The van der Waals surface area contributed by atoms with Crippen LogP contribution in [0, 0.1) is 0 Å². The van der Waals surface area contributed by atoms with Crippen molar-refractivity contribution in [2.75, 3.05) is 6.54 Å². The molecule has 0 aliphatic rings. The van der Waals surface area contributed by atoms with Crippen LogP contribution in [0.4, 0.5) is 0 Å². The molecule has 0 saturated carbocycles. The maximum absolute atomic E-state index is 11.9. The Morgan fingerprint density at radius 2 is 2.00 bits per heavy atom. The van der Waals surface area contributed by atoms with Crippen molar-refractivity contribution in [3.63, 3.8) is 0 Å². The van der Waals surface area contributed by atoms with Crippen LogP contribution in [-0.2, 0) is 6.42 Å². The molecule has 0 amide bonds. The molecular formula is C14H24N2OS. The van der Waals surface area contributed by atoms with Crippen molar-refractivity contribution in [1.82, 2.24) is 4.98 Å². The van der Waals surface area contributed by atoms with E-state index in [2.05, 4.69) is 11.9 Å². The van der Waals surface area contributed by atoms with Crippen LogP contribution in [0.15, 0.2) is 5.38 Å². The van der Waals surface area contributed by atoms with Gasteiger partial charge in [-0.3, -0.25) is 4.79 Å². The van der Waals surface area contributed by atoms with Gasteiger partial charge in [0.1, 0.15) is 5.69 Å². The van der Waals surface area contributed by atoms with E-state index in [1.165, 1.54) is 25.7 Å². The van der Waals surface area contributed by atoms with Gasteiger partial charge in [-0.2, -0.15) is 0 Å². The number of aromatic nitrogens is 1. The minimum Gasteiger partial charge on any atom is -0.330 e. The van der Waals surface area contributed by atoms with E-state index in [0.29, 0.717) is 18.7 Å². The van der Waals surface area contributed by atoms with Crippen molar-refractivity contribution < 1.29 is 4.79 Å². The number of ketones is 1. The molecule has 3 nitrogen and oxygen atoms in total. The maximum atomic E-state index is 11.9. The highest BCUT2D eigenvalue weighted by molar-refractivity contribution is 7.09. The number of unbranched alkanes of at least 4 members (excludes halogenated alkanes) is 5. The number of thiazole rings is 1. The molecule has 0 aliphatic carbocycles. The average molecular weight is 268 g/mol. The van der Waals surface area contributed by atoms with Crippen molar-refractivity contribution in [3.05, 3.63) is 16.1 Å². The number of rotatable bonds is 10. The summed E-state index contributed by atoms with van der Waals surface area (Å²) in [5.74, 6) is 0.185. The zero-order valence-electron chi connectivity index (χ0n) is 11.3. The molecule has 0 spiro atoms. The van der Waals surface area contributed by atoms with E-state index >= 15 is 0 Å². The molecule has 2 N–H and O–H groups in total. The standard InChI is InChI=1S/C14H24N2OS/c1-2-3-4-5-6-7-8-13(17)12-11-18-14(16-12)9-10-15/h11H,2-10,15H2,1H3. The number of carbonyl (C=O) groups is 1. The molecule has 0 saturated heterocycles. The normalized spacial score (nSPS) is 10.8. The Labute approximate surface area is 114 Å². The first-order valence-electron chi connectivity index (χ1n) is 6.95. The Bertz CT molecular complexity index is 349. The lowest BCUT2D eigenvalue weighted by molar-refractivity contribution is 0.0975. The summed E-state index contributed by atoms with van der Waals surface area (Å²) in [6.07, 6.45) is 8.67. The molecule has 1 rings (SSSR count). The van der Waals surface area contributed by atoms with Crippen LogP contribution in [0.2, 0.25) is 0 Å². The second kappa shape index (κ2) is 9.22. The number of nitrogens with two attached hydrogens (primary N) is 1. The highest BCUT2D eigenvalue weighted by Crippen LogP contribution is 2.14. The molecule has 1 aromatic rings. The van der Waals surface area contributed by atoms with Crippen LogP contribution in [0.5, 0.6) is 0 Å². The lowest BCUT2D eigenvalue weighted by Crippen LogP contribution is -2.04. The number of hydrogen-bond donors (Lipinski definition) is 1. The third-order valence-corrected chi connectivity index (χ3v) is 3.86. The van der Waals surface area contributed by atoms with E-state index < -0.39 is 0 Å². The van der Waals surface area contributed by atoms with Crippen LogP contribution in [0.1, 0.15) is 67.4 Å². The number of Topliss-reactive ketones (excluding diaryl/α,β-unsaturated/α-hetero) is 1. The largest absolute Gasteiger partial charge is 0.330 e. The van der Waals surface area contributed by atoms with Crippen molar-refractivity contribution in [2.24, 2.45) is 5.73 Å². The average Bonchev–Trinajstić information content (AvgIpc) is 2.82. The predicted octanol–water partition coefficient (Wildman–Crippen LogP) is 3.58. The van der Waals surface area contributed by atoms with Gasteiger partial charge in [0, 0.05) is 18.2 Å². The quantitative estimate of drug-likeness (QED) is 0.521. The fourth-order valence-electron chi connectivity index (χ4n) is 1.87. The van der Waals surface area contributed by atoms with Gasteiger partial charge in [-0.05, 0) is 13.0 Å². The fraction of sp³-hybridized carbons (Fsp3) is 0.714. The molecule has 18 heavy (non-hydrogen) atoms. The number of hydrogen-bond acceptors (Lipinski definition) is 4. The van der Waals surface area contributed by atoms with Gasteiger partial charge < -0.3 is 5.73 Å². The lowest BCUT2D eigenvalue weighted by atomic mass is 10.1. The first-order valence-corrected chi connectivity index (χ1v) is 7.83. The predicted molar refractivity (Wildman–Crippen MR) is 77.2 cm³/mol. The Morgan fingerprint density at radius 3 is 2.72 bits per heavy atom. The Hall–Kier alpha value is -0.740. The molecule has 0 fully saturated rings. The summed E-state index contributed by atoms with van der Waals surface area (Å²) in [6.45, 7) is 2.81. The van der Waals surface area contributed by atoms with E-state index in [1.54, 1.807) is 11.3 Å². The molecule has 0 bridgehead atoms. The van der Waals surface area contributed by atoms with Crippen LogP contribution < -0.4 is 5.73 Å².